The Labute approximate surface area is 184 Å². The van der Waals surface area contributed by atoms with Crippen LogP contribution in [-0.2, 0) is 5.41 Å². The lowest BCUT2D eigenvalue weighted by atomic mass is 9.87. The van der Waals surface area contributed by atoms with Crippen LogP contribution >= 0.6 is 0 Å². The van der Waals surface area contributed by atoms with Crippen LogP contribution in [0.2, 0.25) is 0 Å². The van der Waals surface area contributed by atoms with E-state index in [9.17, 15) is 0 Å². The number of hydrogen-bond acceptors (Lipinski definition) is 5. The number of allylic oxidation sites excluding steroid dienone is 4. The Morgan fingerprint density at radius 3 is 2.52 bits per heavy atom. The van der Waals surface area contributed by atoms with Gasteiger partial charge in [-0.3, -0.25) is 0 Å². The molecule has 0 bridgehead atoms. The lowest BCUT2D eigenvalue weighted by Crippen LogP contribution is -2.11. The molecule has 1 aromatic carbocycles. The third-order valence-electron chi connectivity index (χ3n) is 5.50. The van der Waals surface area contributed by atoms with Gasteiger partial charge in [0.15, 0.2) is 0 Å². The highest BCUT2D eigenvalue weighted by Gasteiger charge is 2.15. The lowest BCUT2D eigenvalue weighted by Gasteiger charge is -2.20. The van der Waals surface area contributed by atoms with Crippen molar-refractivity contribution >= 4 is 23.2 Å². The van der Waals surface area contributed by atoms with E-state index in [0.717, 1.165) is 41.4 Å². The summed E-state index contributed by atoms with van der Waals surface area (Å²) in [6.45, 7) is 10.7. The fourth-order valence-corrected chi connectivity index (χ4v) is 3.59. The summed E-state index contributed by atoms with van der Waals surface area (Å²) in [6, 6.07) is 8.49. The minimum atomic E-state index is 0.0974. The minimum absolute atomic E-state index is 0.0974. The van der Waals surface area contributed by atoms with Crippen molar-refractivity contribution in [2.45, 2.75) is 52.9 Å². The Morgan fingerprint density at radius 1 is 1.00 bits per heavy atom. The number of hydrogen-bond donors (Lipinski definition) is 2. The summed E-state index contributed by atoms with van der Waals surface area (Å²) in [5, 5.41) is 6.84. The topological polar surface area (TPSA) is 67.7 Å². The third kappa shape index (κ3) is 4.85. The minimum Gasteiger partial charge on any atom is -0.340 e. The standard InChI is InChI=1S/C25H30N6/c1-17-16-27-24(29-20-9-11-22(12-10-20)31-14-13-26-18(31)2)30-23(17)28-21-8-6-7-19(15-21)25(3,4)5/h6-9,11,13-16H,10,12H2,1-5H3,(H2,27,28,29,30). The second-order valence-corrected chi connectivity index (χ2v) is 9.00. The quantitative estimate of drug-likeness (QED) is 0.539. The van der Waals surface area contributed by atoms with Gasteiger partial charge in [0.2, 0.25) is 5.95 Å². The van der Waals surface area contributed by atoms with Crippen LogP contribution in [0.3, 0.4) is 0 Å². The zero-order chi connectivity index (χ0) is 22.0. The molecule has 2 aromatic heterocycles. The normalized spacial score (nSPS) is 14.1. The molecule has 1 aliphatic carbocycles. The van der Waals surface area contributed by atoms with E-state index in [1.54, 1.807) is 0 Å². The molecule has 0 fully saturated rings. The predicted molar refractivity (Wildman–Crippen MR) is 127 cm³/mol. The maximum atomic E-state index is 4.73. The molecule has 0 amide bonds. The number of aromatic nitrogens is 4. The van der Waals surface area contributed by atoms with Crippen molar-refractivity contribution in [2.75, 3.05) is 10.6 Å². The van der Waals surface area contributed by atoms with Crippen LogP contribution < -0.4 is 10.6 Å². The third-order valence-corrected chi connectivity index (χ3v) is 5.50. The highest BCUT2D eigenvalue weighted by molar-refractivity contribution is 5.62. The molecule has 6 heteroatoms. The first-order valence-corrected chi connectivity index (χ1v) is 10.7. The Kier molecular flexibility index (Phi) is 5.63. The van der Waals surface area contributed by atoms with Crippen LogP contribution in [0.5, 0.6) is 0 Å². The van der Waals surface area contributed by atoms with Gasteiger partial charge < -0.3 is 15.2 Å². The number of imidazole rings is 1. The molecule has 31 heavy (non-hydrogen) atoms. The van der Waals surface area contributed by atoms with Crippen LogP contribution in [0.25, 0.3) is 5.70 Å². The molecular formula is C25H30N6. The van der Waals surface area contributed by atoms with Crippen LogP contribution in [0.15, 0.2) is 60.7 Å². The molecule has 6 nitrogen and oxygen atoms in total. The van der Waals surface area contributed by atoms with Gasteiger partial charge in [-0.2, -0.15) is 4.98 Å². The highest BCUT2D eigenvalue weighted by atomic mass is 15.1. The summed E-state index contributed by atoms with van der Waals surface area (Å²) in [4.78, 5) is 13.5. The zero-order valence-corrected chi connectivity index (χ0v) is 18.9. The Hall–Kier alpha value is -3.41. The highest BCUT2D eigenvalue weighted by Crippen LogP contribution is 2.28. The Morgan fingerprint density at radius 2 is 1.84 bits per heavy atom. The first-order chi connectivity index (χ1) is 14.8. The fraction of sp³-hybridized carbons (Fsp3) is 0.320. The van der Waals surface area contributed by atoms with Gasteiger partial charge in [0.25, 0.3) is 0 Å². The number of rotatable bonds is 5. The molecule has 3 aromatic rings. The van der Waals surface area contributed by atoms with Gasteiger partial charge in [0, 0.05) is 41.2 Å². The molecule has 1 aliphatic rings. The SMILES string of the molecule is Cc1cnc(NC2=CC=C(n3ccnc3C)CC2)nc1Nc1cccc(C(C)(C)C)c1. The number of aryl methyl sites for hydroxylation is 2. The maximum absolute atomic E-state index is 4.73. The summed E-state index contributed by atoms with van der Waals surface area (Å²) in [7, 11) is 0. The monoisotopic (exact) mass is 414 g/mol. The van der Waals surface area contributed by atoms with Gasteiger partial charge in [-0.25, -0.2) is 9.97 Å². The molecule has 2 N–H and O–H groups in total. The van der Waals surface area contributed by atoms with E-state index >= 15 is 0 Å². The van der Waals surface area contributed by atoms with Crippen molar-refractivity contribution in [1.29, 1.82) is 0 Å². The van der Waals surface area contributed by atoms with E-state index in [0.29, 0.717) is 5.95 Å². The van der Waals surface area contributed by atoms with E-state index in [1.807, 2.05) is 32.4 Å². The van der Waals surface area contributed by atoms with Crippen molar-refractivity contribution in [3.8, 4) is 0 Å². The number of nitrogens with zero attached hydrogens (tertiary/aromatic N) is 4. The zero-order valence-electron chi connectivity index (χ0n) is 18.9. The lowest BCUT2D eigenvalue weighted by molar-refractivity contribution is 0.590. The summed E-state index contributed by atoms with van der Waals surface area (Å²) < 4.78 is 2.13. The van der Waals surface area contributed by atoms with Crippen LogP contribution in [-0.4, -0.2) is 19.5 Å². The number of anilines is 3. The van der Waals surface area contributed by atoms with Gasteiger partial charge in [-0.15, -0.1) is 0 Å². The predicted octanol–water partition coefficient (Wildman–Crippen LogP) is 5.96. The van der Waals surface area contributed by atoms with Gasteiger partial charge in [-0.1, -0.05) is 32.9 Å². The molecule has 0 unspecified atom stereocenters. The Balaban J connectivity index is 1.51. The summed E-state index contributed by atoms with van der Waals surface area (Å²) in [5.74, 6) is 2.41. The van der Waals surface area contributed by atoms with E-state index in [2.05, 4.69) is 82.4 Å². The van der Waals surface area contributed by atoms with Crippen molar-refractivity contribution in [3.63, 3.8) is 0 Å². The first kappa shape index (κ1) is 20.8. The average molecular weight is 415 g/mol. The summed E-state index contributed by atoms with van der Waals surface area (Å²) in [5.41, 5.74) is 5.76. The molecule has 0 saturated carbocycles. The average Bonchev–Trinajstić information content (AvgIpc) is 3.17. The van der Waals surface area contributed by atoms with E-state index < -0.39 is 0 Å². The number of benzene rings is 1. The Bertz CT molecular complexity index is 1150. The molecule has 2 heterocycles. The van der Waals surface area contributed by atoms with Crippen LogP contribution in [0, 0.1) is 13.8 Å². The smallest absolute Gasteiger partial charge is 0.228 e. The molecule has 0 aliphatic heterocycles. The van der Waals surface area contributed by atoms with E-state index in [1.165, 1.54) is 11.3 Å². The van der Waals surface area contributed by atoms with E-state index in [4.69, 9.17) is 4.98 Å². The molecule has 160 valence electrons. The van der Waals surface area contributed by atoms with E-state index in [-0.39, 0.29) is 5.41 Å². The van der Waals surface area contributed by atoms with Crippen LogP contribution in [0.4, 0.5) is 17.5 Å². The number of nitrogens with one attached hydrogen (secondary N) is 2. The van der Waals surface area contributed by atoms with Crippen LogP contribution in [0.1, 0.15) is 50.6 Å². The van der Waals surface area contributed by atoms with Gasteiger partial charge >= 0.3 is 0 Å². The first-order valence-electron chi connectivity index (χ1n) is 10.7. The van der Waals surface area contributed by atoms with Crippen molar-refractivity contribution in [3.05, 3.63) is 77.7 Å². The van der Waals surface area contributed by atoms with Crippen molar-refractivity contribution < 1.29 is 0 Å². The maximum Gasteiger partial charge on any atom is 0.228 e. The molecule has 0 saturated heterocycles. The van der Waals surface area contributed by atoms with Crippen molar-refractivity contribution in [2.24, 2.45) is 0 Å². The largest absolute Gasteiger partial charge is 0.340 e. The van der Waals surface area contributed by atoms with Gasteiger partial charge in [0.05, 0.1) is 0 Å². The molecule has 0 spiro atoms. The molecule has 0 atom stereocenters. The summed E-state index contributed by atoms with van der Waals surface area (Å²) >= 11 is 0. The molecule has 0 radical (unpaired) electrons. The second-order valence-electron chi connectivity index (χ2n) is 9.00. The second kappa shape index (κ2) is 8.38. The fourth-order valence-electron chi connectivity index (χ4n) is 3.59. The van der Waals surface area contributed by atoms with Gasteiger partial charge in [0.1, 0.15) is 11.6 Å². The van der Waals surface area contributed by atoms with Gasteiger partial charge in [-0.05, 0) is 62.0 Å². The molecular weight excluding hydrogens is 384 g/mol. The molecule has 4 rings (SSSR count). The van der Waals surface area contributed by atoms with Crippen molar-refractivity contribution in [1.82, 2.24) is 19.5 Å². The summed E-state index contributed by atoms with van der Waals surface area (Å²) in [6.07, 6.45) is 11.8.